The summed E-state index contributed by atoms with van der Waals surface area (Å²) >= 11 is 0. The van der Waals surface area contributed by atoms with E-state index < -0.39 is 0 Å². The molecule has 1 aromatic carbocycles. The summed E-state index contributed by atoms with van der Waals surface area (Å²) in [6, 6.07) is 5.94. The lowest BCUT2D eigenvalue weighted by Gasteiger charge is -2.28. The average molecular weight is 315 g/mol. The Balaban J connectivity index is 1.85. The van der Waals surface area contributed by atoms with Gasteiger partial charge in [-0.25, -0.2) is 0 Å². The van der Waals surface area contributed by atoms with Crippen LogP contribution >= 0.6 is 0 Å². The lowest BCUT2D eigenvalue weighted by atomic mass is 10.1. The molecule has 0 aromatic heterocycles. The quantitative estimate of drug-likeness (QED) is 0.900. The molecule has 0 radical (unpaired) electrons. The van der Waals surface area contributed by atoms with Crippen LogP contribution in [0.25, 0.3) is 0 Å². The monoisotopic (exact) mass is 315 g/mol. The summed E-state index contributed by atoms with van der Waals surface area (Å²) in [5.74, 6) is 0.0937. The first-order valence-electron chi connectivity index (χ1n) is 8.60. The minimum absolute atomic E-state index is 0.00367. The van der Waals surface area contributed by atoms with Crippen LogP contribution < -0.4 is 10.6 Å². The van der Waals surface area contributed by atoms with Crippen LogP contribution in [0.3, 0.4) is 0 Å². The van der Waals surface area contributed by atoms with Crippen molar-refractivity contribution in [3.8, 4) is 0 Å². The maximum Gasteiger partial charge on any atom is 0.254 e. The van der Waals surface area contributed by atoms with E-state index in [1.54, 1.807) is 0 Å². The number of rotatable bonds is 3. The van der Waals surface area contributed by atoms with Gasteiger partial charge in [0.05, 0.1) is 11.4 Å². The van der Waals surface area contributed by atoms with Crippen molar-refractivity contribution in [2.45, 2.75) is 58.0 Å². The predicted molar refractivity (Wildman–Crippen MR) is 91.7 cm³/mol. The smallest absolute Gasteiger partial charge is 0.254 e. The van der Waals surface area contributed by atoms with Crippen LogP contribution in [0.2, 0.25) is 0 Å². The Morgan fingerprint density at radius 1 is 1.26 bits per heavy atom. The Morgan fingerprint density at radius 3 is 2.70 bits per heavy atom. The third kappa shape index (κ3) is 3.33. The van der Waals surface area contributed by atoms with Crippen LogP contribution in [0.5, 0.6) is 0 Å². The molecule has 2 amide bonds. The van der Waals surface area contributed by atoms with E-state index in [1.165, 1.54) is 12.8 Å². The normalized spacial score (nSPS) is 21.1. The SMILES string of the molecule is CCN(C(=O)c1ccc2c(c1)NC(C)CC(=O)N2)C1CCCC1. The molecule has 5 nitrogen and oxygen atoms in total. The van der Waals surface area contributed by atoms with Gasteiger partial charge in [0.1, 0.15) is 0 Å². The number of carbonyl (C=O) groups excluding carboxylic acids is 2. The van der Waals surface area contributed by atoms with E-state index in [1.807, 2.05) is 36.9 Å². The second-order valence-corrected chi connectivity index (χ2v) is 6.59. The van der Waals surface area contributed by atoms with Crippen molar-refractivity contribution in [3.63, 3.8) is 0 Å². The van der Waals surface area contributed by atoms with Gasteiger partial charge in [0, 0.05) is 30.6 Å². The number of hydrogen-bond donors (Lipinski definition) is 2. The second-order valence-electron chi connectivity index (χ2n) is 6.59. The molecule has 1 aliphatic heterocycles. The van der Waals surface area contributed by atoms with Gasteiger partial charge in [-0.3, -0.25) is 9.59 Å². The van der Waals surface area contributed by atoms with Crippen molar-refractivity contribution in [1.82, 2.24) is 4.90 Å². The van der Waals surface area contributed by atoms with Gasteiger partial charge < -0.3 is 15.5 Å². The maximum atomic E-state index is 12.9. The number of nitrogens with one attached hydrogen (secondary N) is 2. The maximum absolute atomic E-state index is 12.9. The summed E-state index contributed by atoms with van der Waals surface area (Å²) in [7, 11) is 0. The third-order valence-electron chi connectivity index (χ3n) is 4.80. The Hall–Kier alpha value is -2.04. The molecule has 0 spiro atoms. The van der Waals surface area contributed by atoms with Gasteiger partial charge in [-0.05, 0) is 44.9 Å². The lowest BCUT2D eigenvalue weighted by molar-refractivity contribution is -0.116. The molecular formula is C18H25N3O2. The number of hydrogen-bond acceptors (Lipinski definition) is 3. The zero-order valence-corrected chi connectivity index (χ0v) is 13.9. The first-order valence-corrected chi connectivity index (χ1v) is 8.60. The van der Waals surface area contributed by atoms with Crippen LogP contribution in [-0.2, 0) is 4.79 Å². The van der Waals surface area contributed by atoms with Crippen molar-refractivity contribution in [3.05, 3.63) is 23.8 Å². The molecule has 1 fully saturated rings. The van der Waals surface area contributed by atoms with E-state index in [4.69, 9.17) is 0 Å². The Labute approximate surface area is 137 Å². The molecule has 1 atom stereocenters. The van der Waals surface area contributed by atoms with E-state index in [2.05, 4.69) is 10.6 Å². The topological polar surface area (TPSA) is 61.4 Å². The Bertz CT molecular complexity index is 608. The molecule has 1 saturated carbocycles. The lowest BCUT2D eigenvalue weighted by Crippen LogP contribution is -2.38. The van der Waals surface area contributed by atoms with Crippen LogP contribution in [0, 0.1) is 0 Å². The van der Waals surface area contributed by atoms with Crippen molar-refractivity contribution >= 4 is 23.2 Å². The summed E-state index contributed by atoms with van der Waals surface area (Å²) in [6.45, 7) is 4.75. The molecule has 5 heteroatoms. The number of amides is 2. The zero-order chi connectivity index (χ0) is 16.4. The molecule has 1 heterocycles. The molecule has 1 aliphatic carbocycles. The van der Waals surface area contributed by atoms with Crippen LogP contribution in [0.1, 0.15) is 56.3 Å². The summed E-state index contributed by atoms with van der Waals surface area (Å²) in [6.07, 6.45) is 5.07. The van der Waals surface area contributed by atoms with Crippen LogP contribution in [0.4, 0.5) is 11.4 Å². The first kappa shape index (κ1) is 15.8. The van der Waals surface area contributed by atoms with E-state index in [0.717, 1.165) is 30.8 Å². The molecule has 1 unspecified atom stereocenters. The van der Waals surface area contributed by atoms with E-state index >= 15 is 0 Å². The largest absolute Gasteiger partial charge is 0.380 e. The van der Waals surface area contributed by atoms with E-state index in [9.17, 15) is 9.59 Å². The summed E-state index contributed by atoms with van der Waals surface area (Å²) in [4.78, 5) is 26.7. The summed E-state index contributed by atoms with van der Waals surface area (Å²) < 4.78 is 0. The molecule has 0 bridgehead atoms. The highest BCUT2D eigenvalue weighted by atomic mass is 16.2. The van der Waals surface area contributed by atoms with Crippen LogP contribution in [-0.4, -0.2) is 35.3 Å². The average Bonchev–Trinajstić information content (AvgIpc) is 2.98. The second kappa shape index (κ2) is 6.60. The van der Waals surface area contributed by atoms with Crippen molar-refractivity contribution in [1.29, 1.82) is 0 Å². The van der Waals surface area contributed by atoms with Gasteiger partial charge in [0.15, 0.2) is 0 Å². The van der Waals surface area contributed by atoms with Gasteiger partial charge in [-0.1, -0.05) is 12.8 Å². The molecule has 1 aromatic rings. The molecule has 3 rings (SSSR count). The first-order chi connectivity index (χ1) is 11.1. The minimum Gasteiger partial charge on any atom is -0.380 e. The molecule has 2 aliphatic rings. The third-order valence-corrected chi connectivity index (χ3v) is 4.80. The summed E-state index contributed by atoms with van der Waals surface area (Å²) in [5, 5.41) is 6.21. The van der Waals surface area contributed by atoms with Crippen molar-refractivity contribution in [2.75, 3.05) is 17.2 Å². The molecule has 124 valence electrons. The standard InChI is InChI=1S/C18H25N3O2/c1-3-21(14-6-4-5-7-14)18(23)13-8-9-15-16(11-13)19-12(2)10-17(22)20-15/h8-9,11-12,14,19H,3-7,10H2,1-2H3,(H,20,22). The van der Waals surface area contributed by atoms with Gasteiger partial charge in [-0.2, -0.15) is 0 Å². The highest BCUT2D eigenvalue weighted by molar-refractivity contribution is 6.00. The molecule has 0 saturated heterocycles. The fourth-order valence-corrected chi connectivity index (χ4v) is 3.65. The van der Waals surface area contributed by atoms with E-state index in [-0.39, 0.29) is 17.9 Å². The fraction of sp³-hybridized carbons (Fsp3) is 0.556. The van der Waals surface area contributed by atoms with Crippen molar-refractivity contribution in [2.24, 2.45) is 0 Å². The molecule has 23 heavy (non-hydrogen) atoms. The zero-order valence-electron chi connectivity index (χ0n) is 13.9. The van der Waals surface area contributed by atoms with Gasteiger partial charge >= 0.3 is 0 Å². The van der Waals surface area contributed by atoms with Gasteiger partial charge in [-0.15, -0.1) is 0 Å². The van der Waals surface area contributed by atoms with Crippen LogP contribution in [0.15, 0.2) is 18.2 Å². The number of nitrogens with zero attached hydrogens (tertiary/aromatic N) is 1. The molecular weight excluding hydrogens is 290 g/mol. The fourth-order valence-electron chi connectivity index (χ4n) is 3.65. The molecule has 2 N–H and O–H groups in total. The highest BCUT2D eigenvalue weighted by Gasteiger charge is 2.27. The van der Waals surface area contributed by atoms with Crippen molar-refractivity contribution < 1.29 is 9.59 Å². The highest BCUT2D eigenvalue weighted by Crippen LogP contribution is 2.29. The van der Waals surface area contributed by atoms with Gasteiger partial charge in [0.25, 0.3) is 5.91 Å². The number of fused-ring (bicyclic) bond motifs is 1. The number of benzene rings is 1. The summed E-state index contributed by atoms with van der Waals surface area (Å²) in [5.41, 5.74) is 2.27. The van der Waals surface area contributed by atoms with E-state index in [0.29, 0.717) is 18.0 Å². The Kier molecular flexibility index (Phi) is 4.55. The number of anilines is 2. The number of carbonyl (C=O) groups is 2. The Morgan fingerprint density at radius 2 is 2.00 bits per heavy atom. The van der Waals surface area contributed by atoms with Gasteiger partial charge in [0.2, 0.25) is 5.91 Å². The predicted octanol–water partition coefficient (Wildman–Crippen LogP) is 3.23. The minimum atomic E-state index is 0.00367.